The van der Waals surface area contributed by atoms with E-state index in [4.69, 9.17) is 5.11 Å². The molecule has 0 spiro atoms. The van der Waals surface area contributed by atoms with Crippen molar-refractivity contribution in [3.63, 3.8) is 0 Å². The fraction of sp³-hybridized carbons (Fsp3) is 1.00. The number of hydrogen-bond acceptors (Lipinski definition) is 1. The molecule has 1 aliphatic carbocycles. The van der Waals surface area contributed by atoms with Crippen LogP contribution in [0.3, 0.4) is 0 Å². The maximum atomic E-state index is 12.5. The second kappa shape index (κ2) is 2.82. The van der Waals surface area contributed by atoms with Gasteiger partial charge in [-0.3, -0.25) is 0 Å². The van der Waals surface area contributed by atoms with Crippen LogP contribution in [0.4, 0.5) is 8.78 Å². The summed E-state index contributed by atoms with van der Waals surface area (Å²) in [5, 5.41) is 8.59. The first-order valence-corrected chi connectivity index (χ1v) is 3.63. The Bertz CT molecular complexity index is 114. The summed E-state index contributed by atoms with van der Waals surface area (Å²) in [5.41, 5.74) is 0. The molecule has 1 rings (SSSR count). The van der Waals surface area contributed by atoms with Crippen LogP contribution < -0.4 is 0 Å². The van der Waals surface area contributed by atoms with Gasteiger partial charge in [0.25, 0.3) is 0 Å². The molecule has 0 aromatic carbocycles. The van der Waals surface area contributed by atoms with Gasteiger partial charge in [-0.2, -0.15) is 0 Å². The molecule has 0 saturated heterocycles. The minimum atomic E-state index is -2.51. The predicted molar refractivity (Wildman–Crippen MR) is 34.0 cm³/mol. The zero-order valence-corrected chi connectivity index (χ0v) is 5.82. The van der Waals surface area contributed by atoms with Crippen LogP contribution in [0.25, 0.3) is 0 Å². The summed E-state index contributed by atoms with van der Waals surface area (Å²) in [5.74, 6) is -2.67. The van der Waals surface area contributed by atoms with Crippen molar-refractivity contribution < 1.29 is 13.9 Å². The molecule has 10 heavy (non-hydrogen) atoms. The molecule has 1 N–H and O–H groups in total. The van der Waals surface area contributed by atoms with Gasteiger partial charge in [0.15, 0.2) is 0 Å². The fourth-order valence-corrected chi connectivity index (χ4v) is 1.43. The maximum absolute atomic E-state index is 12.5. The van der Waals surface area contributed by atoms with Crippen molar-refractivity contribution in [1.29, 1.82) is 0 Å². The normalized spacial score (nSPS) is 32.1. The number of rotatable bonds is 1. The Kier molecular flexibility index (Phi) is 2.24. The molecule has 1 atom stereocenters. The van der Waals surface area contributed by atoms with E-state index in [1.165, 1.54) is 0 Å². The Hall–Kier alpha value is -0.180. The average molecular weight is 150 g/mol. The number of alkyl halides is 2. The van der Waals surface area contributed by atoms with Gasteiger partial charge in [-0.1, -0.05) is 0 Å². The quantitative estimate of drug-likeness (QED) is 0.604. The maximum Gasteiger partial charge on any atom is 0.248 e. The number of halogens is 2. The highest BCUT2D eigenvalue weighted by Crippen LogP contribution is 2.36. The summed E-state index contributed by atoms with van der Waals surface area (Å²) in [6.45, 7) is -0.0877. The molecule has 0 amide bonds. The van der Waals surface area contributed by atoms with Crippen LogP contribution in [-0.4, -0.2) is 17.6 Å². The number of aliphatic hydroxyl groups excluding tert-OH is 1. The van der Waals surface area contributed by atoms with Gasteiger partial charge in [0.2, 0.25) is 5.92 Å². The zero-order chi connectivity index (χ0) is 7.61. The van der Waals surface area contributed by atoms with Gasteiger partial charge in [0.1, 0.15) is 0 Å². The van der Waals surface area contributed by atoms with E-state index in [0.717, 1.165) is 6.42 Å². The first kappa shape index (κ1) is 7.92. The summed E-state index contributed by atoms with van der Waals surface area (Å²) in [6.07, 6.45) is 1.19. The van der Waals surface area contributed by atoms with Gasteiger partial charge in [-0.25, -0.2) is 8.78 Å². The Balaban J connectivity index is 2.40. The molecule has 0 heterocycles. The molecule has 0 aliphatic heterocycles. The van der Waals surface area contributed by atoms with Gasteiger partial charge in [-0.15, -0.1) is 0 Å². The highest BCUT2D eigenvalue weighted by Gasteiger charge is 2.35. The molecule has 3 heteroatoms. The van der Waals surface area contributed by atoms with Crippen LogP contribution in [0.5, 0.6) is 0 Å². The van der Waals surface area contributed by atoms with Gasteiger partial charge >= 0.3 is 0 Å². The molecule has 0 bridgehead atoms. The molecule has 1 saturated carbocycles. The lowest BCUT2D eigenvalue weighted by atomic mass is 9.87. The van der Waals surface area contributed by atoms with Gasteiger partial charge in [0.05, 0.1) is 0 Å². The van der Waals surface area contributed by atoms with E-state index in [1.54, 1.807) is 0 Å². The van der Waals surface area contributed by atoms with Crippen LogP contribution in [-0.2, 0) is 0 Å². The van der Waals surface area contributed by atoms with Crippen LogP contribution in [0, 0.1) is 5.92 Å². The van der Waals surface area contributed by atoms with Crippen molar-refractivity contribution in [2.24, 2.45) is 5.92 Å². The second-order valence-electron chi connectivity index (χ2n) is 3.00. The fourth-order valence-electron chi connectivity index (χ4n) is 1.43. The van der Waals surface area contributed by atoms with E-state index in [-0.39, 0.29) is 25.4 Å². The standard InChI is InChI=1S/C7H12F2O/c8-7(9)3-1-2-6(4-7)5-10/h6,10H,1-5H2. The lowest BCUT2D eigenvalue weighted by Crippen LogP contribution is -2.27. The minimum Gasteiger partial charge on any atom is -0.396 e. The third kappa shape index (κ3) is 1.90. The number of aliphatic hydroxyl groups is 1. The topological polar surface area (TPSA) is 20.2 Å². The molecule has 1 nitrogen and oxygen atoms in total. The van der Waals surface area contributed by atoms with Crippen LogP contribution in [0.15, 0.2) is 0 Å². The van der Waals surface area contributed by atoms with E-state index in [2.05, 4.69) is 0 Å². The Morgan fingerprint density at radius 3 is 2.60 bits per heavy atom. The Morgan fingerprint density at radius 2 is 2.20 bits per heavy atom. The van der Waals surface area contributed by atoms with Crippen molar-refractivity contribution in [2.75, 3.05) is 6.61 Å². The van der Waals surface area contributed by atoms with Crippen LogP contribution >= 0.6 is 0 Å². The van der Waals surface area contributed by atoms with Crippen molar-refractivity contribution in [2.45, 2.75) is 31.6 Å². The van der Waals surface area contributed by atoms with Gasteiger partial charge in [-0.05, 0) is 18.8 Å². The first-order chi connectivity index (χ1) is 4.64. The Morgan fingerprint density at radius 1 is 1.50 bits per heavy atom. The molecule has 60 valence electrons. The van der Waals surface area contributed by atoms with Crippen molar-refractivity contribution in [3.05, 3.63) is 0 Å². The summed E-state index contributed by atoms with van der Waals surface area (Å²) in [7, 11) is 0. The molecule has 1 aliphatic rings. The second-order valence-corrected chi connectivity index (χ2v) is 3.00. The lowest BCUT2D eigenvalue weighted by Gasteiger charge is -2.27. The van der Waals surface area contributed by atoms with Gasteiger partial charge in [0, 0.05) is 19.4 Å². The average Bonchev–Trinajstić information content (AvgIpc) is 1.86. The molecular formula is C7H12F2O. The molecule has 0 radical (unpaired) electrons. The molecule has 0 aromatic rings. The van der Waals surface area contributed by atoms with Crippen molar-refractivity contribution in [3.8, 4) is 0 Å². The molecule has 1 unspecified atom stereocenters. The summed E-state index contributed by atoms with van der Waals surface area (Å²) >= 11 is 0. The first-order valence-electron chi connectivity index (χ1n) is 3.63. The Labute approximate surface area is 59.0 Å². The van der Waals surface area contributed by atoms with Crippen molar-refractivity contribution in [1.82, 2.24) is 0 Å². The molecule has 1 fully saturated rings. The summed E-state index contributed by atoms with van der Waals surface area (Å²) < 4.78 is 25.1. The predicted octanol–water partition coefficient (Wildman–Crippen LogP) is 1.80. The highest BCUT2D eigenvalue weighted by molar-refractivity contribution is 4.77. The summed E-state index contributed by atoms with van der Waals surface area (Å²) in [4.78, 5) is 0. The smallest absolute Gasteiger partial charge is 0.248 e. The van der Waals surface area contributed by atoms with E-state index in [0.29, 0.717) is 6.42 Å². The number of hydrogen-bond donors (Lipinski definition) is 1. The van der Waals surface area contributed by atoms with Gasteiger partial charge < -0.3 is 5.11 Å². The van der Waals surface area contributed by atoms with Crippen LogP contribution in [0.2, 0.25) is 0 Å². The lowest BCUT2D eigenvalue weighted by molar-refractivity contribution is -0.0602. The largest absolute Gasteiger partial charge is 0.396 e. The van der Waals surface area contributed by atoms with E-state index < -0.39 is 5.92 Å². The highest BCUT2D eigenvalue weighted by atomic mass is 19.3. The molecular weight excluding hydrogens is 138 g/mol. The third-order valence-electron chi connectivity index (χ3n) is 2.00. The zero-order valence-electron chi connectivity index (χ0n) is 5.82. The third-order valence-corrected chi connectivity index (χ3v) is 2.00. The molecule has 0 aromatic heterocycles. The SMILES string of the molecule is OCC1CCCC(F)(F)C1. The van der Waals surface area contributed by atoms with Crippen molar-refractivity contribution >= 4 is 0 Å². The monoisotopic (exact) mass is 150 g/mol. The summed E-state index contributed by atoms with van der Waals surface area (Å²) in [6, 6.07) is 0. The minimum absolute atomic E-state index is 0.00347. The van der Waals surface area contributed by atoms with E-state index in [9.17, 15) is 8.78 Å². The van der Waals surface area contributed by atoms with Crippen LogP contribution in [0.1, 0.15) is 25.7 Å². The van der Waals surface area contributed by atoms with E-state index in [1.807, 2.05) is 0 Å². The van der Waals surface area contributed by atoms with E-state index >= 15 is 0 Å².